The zero-order valence-corrected chi connectivity index (χ0v) is 8.00. The SMILES string of the molecule is COSc1ccc(Cl)c(C)c1. The maximum atomic E-state index is 5.83. The highest BCUT2D eigenvalue weighted by Gasteiger charge is 1.96. The van der Waals surface area contributed by atoms with Crippen LogP contribution in [0.15, 0.2) is 23.1 Å². The molecular formula is C8H9ClOS. The van der Waals surface area contributed by atoms with Crippen molar-refractivity contribution >= 4 is 23.6 Å². The molecule has 0 amide bonds. The molecule has 1 aromatic rings. The molecule has 0 saturated heterocycles. The van der Waals surface area contributed by atoms with Crippen LogP contribution in [-0.2, 0) is 4.18 Å². The summed E-state index contributed by atoms with van der Waals surface area (Å²) in [6, 6.07) is 5.80. The third-order valence-corrected chi connectivity index (χ3v) is 2.35. The van der Waals surface area contributed by atoms with Gasteiger partial charge in [-0.05, 0) is 30.7 Å². The maximum Gasteiger partial charge on any atom is 0.0508 e. The van der Waals surface area contributed by atoms with Crippen LogP contribution < -0.4 is 0 Å². The fourth-order valence-electron chi connectivity index (χ4n) is 0.765. The van der Waals surface area contributed by atoms with Crippen molar-refractivity contribution in [1.82, 2.24) is 0 Å². The summed E-state index contributed by atoms with van der Waals surface area (Å²) in [7, 11) is 1.65. The molecule has 0 bridgehead atoms. The van der Waals surface area contributed by atoms with Crippen molar-refractivity contribution < 1.29 is 4.18 Å². The Balaban J connectivity index is 2.86. The summed E-state index contributed by atoms with van der Waals surface area (Å²) in [5.74, 6) is 0. The summed E-state index contributed by atoms with van der Waals surface area (Å²) in [5.41, 5.74) is 1.08. The van der Waals surface area contributed by atoms with Gasteiger partial charge in [0.1, 0.15) is 0 Å². The molecule has 0 spiro atoms. The van der Waals surface area contributed by atoms with Gasteiger partial charge in [0.05, 0.1) is 7.11 Å². The van der Waals surface area contributed by atoms with Crippen molar-refractivity contribution in [3.63, 3.8) is 0 Å². The summed E-state index contributed by atoms with van der Waals surface area (Å²) in [5, 5.41) is 0.797. The molecule has 0 aliphatic heterocycles. The van der Waals surface area contributed by atoms with Crippen molar-refractivity contribution in [2.45, 2.75) is 11.8 Å². The van der Waals surface area contributed by atoms with Gasteiger partial charge in [-0.15, -0.1) is 0 Å². The monoisotopic (exact) mass is 188 g/mol. The van der Waals surface area contributed by atoms with Crippen LogP contribution in [0.3, 0.4) is 0 Å². The first-order chi connectivity index (χ1) is 5.24. The quantitative estimate of drug-likeness (QED) is 0.659. The molecule has 0 saturated carbocycles. The first-order valence-corrected chi connectivity index (χ1v) is 4.33. The Morgan fingerprint density at radius 1 is 1.45 bits per heavy atom. The van der Waals surface area contributed by atoms with E-state index in [1.165, 1.54) is 12.0 Å². The molecule has 0 N–H and O–H groups in total. The number of aryl methyl sites for hydroxylation is 1. The van der Waals surface area contributed by atoms with Crippen molar-refractivity contribution in [2.75, 3.05) is 7.11 Å². The molecule has 3 heteroatoms. The van der Waals surface area contributed by atoms with Gasteiger partial charge < -0.3 is 4.18 Å². The molecule has 0 aliphatic rings. The topological polar surface area (TPSA) is 9.23 Å². The fraction of sp³-hybridized carbons (Fsp3) is 0.250. The molecule has 0 fully saturated rings. The van der Waals surface area contributed by atoms with Crippen molar-refractivity contribution in [3.05, 3.63) is 28.8 Å². The Morgan fingerprint density at radius 3 is 2.73 bits per heavy atom. The van der Waals surface area contributed by atoms with Crippen molar-refractivity contribution in [3.8, 4) is 0 Å². The van der Waals surface area contributed by atoms with E-state index >= 15 is 0 Å². The van der Waals surface area contributed by atoms with Crippen LogP contribution in [0.2, 0.25) is 5.02 Å². The summed E-state index contributed by atoms with van der Waals surface area (Å²) in [4.78, 5) is 1.08. The first kappa shape index (κ1) is 8.91. The summed E-state index contributed by atoms with van der Waals surface area (Å²) >= 11 is 7.17. The third kappa shape index (κ3) is 2.40. The minimum absolute atomic E-state index is 0.797. The number of rotatable bonds is 2. The van der Waals surface area contributed by atoms with E-state index in [4.69, 9.17) is 15.8 Å². The predicted molar refractivity (Wildman–Crippen MR) is 49.1 cm³/mol. The summed E-state index contributed by atoms with van der Waals surface area (Å²) < 4.78 is 4.90. The Bertz CT molecular complexity index is 250. The van der Waals surface area contributed by atoms with Gasteiger partial charge in [0, 0.05) is 22.0 Å². The molecule has 1 aromatic carbocycles. The van der Waals surface area contributed by atoms with E-state index in [2.05, 4.69) is 0 Å². The van der Waals surface area contributed by atoms with Gasteiger partial charge in [0.15, 0.2) is 0 Å². The van der Waals surface area contributed by atoms with E-state index in [0.29, 0.717) is 0 Å². The lowest BCUT2D eigenvalue weighted by molar-refractivity contribution is 0.490. The van der Waals surface area contributed by atoms with Crippen LogP contribution in [0.4, 0.5) is 0 Å². The van der Waals surface area contributed by atoms with Gasteiger partial charge >= 0.3 is 0 Å². The number of hydrogen-bond donors (Lipinski definition) is 0. The second-order valence-corrected chi connectivity index (χ2v) is 3.54. The zero-order chi connectivity index (χ0) is 8.27. The molecule has 0 atom stereocenters. The molecule has 0 radical (unpaired) electrons. The van der Waals surface area contributed by atoms with Gasteiger partial charge in [-0.3, -0.25) is 0 Å². The zero-order valence-electron chi connectivity index (χ0n) is 6.43. The molecular weight excluding hydrogens is 180 g/mol. The maximum absolute atomic E-state index is 5.83. The lowest BCUT2D eigenvalue weighted by atomic mass is 10.2. The molecule has 60 valence electrons. The molecule has 11 heavy (non-hydrogen) atoms. The number of hydrogen-bond acceptors (Lipinski definition) is 2. The third-order valence-electron chi connectivity index (χ3n) is 1.31. The van der Waals surface area contributed by atoms with Crippen LogP contribution >= 0.6 is 23.6 Å². The van der Waals surface area contributed by atoms with Crippen LogP contribution in [0, 0.1) is 6.92 Å². The minimum atomic E-state index is 0.797. The van der Waals surface area contributed by atoms with Crippen LogP contribution in [0.5, 0.6) is 0 Å². The minimum Gasteiger partial charge on any atom is -0.314 e. The number of halogens is 1. The standard InChI is InChI=1S/C8H9ClOS/c1-6-5-7(11-10-2)3-4-8(6)9/h3-5H,1-2H3. The highest BCUT2D eigenvalue weighted by molar-refractivity contribution is 7.94. The average Bonchev–Trinajstić information content (AvgIpc) is 1.98. The van der Waals surface area contributed by atoms with Crippen LogP contribution in [-0.4, -0.2) is 7.11 Å². The van der Waals surface area contributed by atoms with Crippen molar-refractivity contribution in [1.29, 1.82) is 0 Å². The second kappa shape index (κ2) is 4.00. The molecule has 1 rings (SSSR count). The summed E-state index contributed by atoms with van der Waals surface area (Å²) in [6.07, 6.45) is 0. The van der Waals surface area contributed by atoms with E-state index in [1.54, 1.807) is 7.11 Å². The Hall–Kier alpha value is -0.180. The smallest absolute Gasteiger partial charge is 0.0508 e. The Labute approximate surface area is 75.9 Å². The van der Waals surface area contributed by atoms with Gasteiger partial charge in [0.25, 0.3) is 0 Å². The molecule has 0 aliphatic carbocycles. The lowest BCUT2D eigenvalue weighted by Crippen LogP contribution is -1.77. The fourth-order valence-corrected chi connectivity index (χ4v) is 1.42. The second-order valence-electron chi connectivity index (χ2n) is 2.16. The van der Waals surface area contributed by atoms with Gasteiger partial charge in [-0.25, -0.2) is 0 Å². The average molecular weight is 189 g/mol. The summed E-state index contributed by atoms with van der Waals surface area (Å²) in [6.45, 7) is 1.97. The van der Waals surface area contributed by atoms with E-state index in [9.17, 15) is 0 Å². The van der Waals surface area contributed by atoms with Gasteiger partial charge in [-0.2, -0.15) is 0 Å². The van der Waals surface area contributed by atoms with Gasteiger partial charge in [-0.1, -0.05) is 11.6 Å². The predicted octanol–water partition coefficient (Wildman–Crippen LogP) is 3.30. The molecule has 1 nitrogen and oxygen atoms in total. The normalized spacial score (nSPS) is 10.1. The van der Waals surface area contributed by atoms with E-state index in [0.717, 1.165) is 15.5 Å². The van der Waals surface area contributed by atoms with E-state index in [1.807, 2.05) is 25.1 Å². The van der Waals surface area contributed by atoms with Gasteiger partial charge in [0.2, 0.25) is 0 Å². The van der Waals surface area contributed by atoms with Crippen molar-refractivity contribution in [2.24, 2.45) is 0 Å². The molecule has 0 unspecified atom stereocenters. The lowest BCUT2D eigenvalue weighted by Gasteiger charge is -2.00. The largest absolute Gasteiger partial charge is 0.314 e. The Morgan fingerprint density at radius 2 is 2.18 bits per heavy atom. The first-order valence-electron chi connectivity index (χ1n) is 3.21. The Kier molecular flexibility index (Phi) is 3.24. The van der Waals surface area contributed by atoms with Crippen LogP contribution in [0.25, 0.3) is 0 Å². The molecule has 0 heterocycles. The highest BCUT2D eigenvalue weighted by Crippen LogP contribution is 2.23. The number of benzene rings is 1. The van der Waals surface area contributed by atoms with Crippen LogP contribution in [0.1, 0.15) is 5.56 Å². The molecule has 0 aromatic heterocycles. The highest BCUT2D eigenvalue weighted by atomic mass is 35.5. The van der Waals surface area contributed by atoms with E-state index in [-0.39, 0.29) is 0 Å². The van der Waals surface area contributed by atoms with E-state index < -0.39 is 0 Å².